The van der Waals surface area contributed by atoms with Gasteiger partial charge in [0.15, 0.2) is 0 Å². The third-order valence-corrected chi connectivity index (χ3v) is 4.45. The van der Waals surface area contributed by atoms with Crippen LogP contribution in [0.5, 0.6) is 0 Å². The lowest BCUT2D eigenvalue weighted by Crippen LogP contribution is -2.23. The number of hydrogen-bond donors (Lipinski definition) is 2. The van der Waals surface area contributed by atoms with Crippen molar-refractivity contribution in [2.24, 2.45) is 0 Å². The van der Waals surface area contributed by atoms with Crippen LogP contribution in [0.1, 0.15) is 32.4 Å². The average molecular weight is 370 g/mol. The fraction of sp³-hybridized carbons (Fsp3) is 0.222. The summed E-state index contributed by atoms with van der Waals surface area (Å²) in [6.45, 7) is 4.03. The molecule has 3 rings (SSSR count). The molecule has 0 unspecified atom stereocenters. The first-order chi connectivity index (χ1) is 12.5. The van der Waals surface area contributed by atoms with Crippen molar-refractivity contribution in [2.75, 3.05) is 5.32 Å². The van der Waals surface area contributed by atoms with Crippen molar-refractivity contribution < 1.29 is 14.1 Å². The molecule has 8 heteroatoms. The third kappa shape index (κ3) is 4.54. The van der Waals surface area contributed by atoms with E-state index in [9.17, 15) is 9.59 Å². The van der Waals surface area contributed by atoms with Crippen LogP contribution >= 0.6 is 11.3 Å². The number of nitrogens with zero attached hydrogens (tertiary/aromatic N) is 2. The number of aryl methyl sites for hydroxylation is 2. The molecule has 2 aromatic heterocycles. The Labute approximate surface area is 154 Å². The molecule has 3 aromatic rings. The van der Waals surface area contributed by atoms with E-state index < -0.39 is 0 Å². The summed E-state index contributed by atoms with van der Waals surface area (Å²) >= 11 is 1.48. The Kier molecular flexibility index (Phi) is 5.43. The number of carbonyl (C=O) groups is 2. The van der Waals surface area contributed by atoms with Crippen LogP contribution in [0.25, 0.3) is 0 Å². The van der Waals surface area contributed by atoms with Gasteiger partial charge in [-0.3, -0.25) is 9.59 Å². The smallest absolute Gasteiger partial charge is 0.251 e. The molecular formula is C18H18N4O3S. The molecule has 0 fully saturated rings. The lowest BCUT2D eigenvalue weighted by Gasteiger charge is -2.10. The standard InChI is InChI=1S/C18H18N4O3S/c1-11-3-4-13(18(24)20-10-17-19-5-6-26-17)8-15(11)21-16(23)9-14-7-12(2)22-25-14/h3-8H,9-10H2,1-2H3,(H,20,24)(H,21,23). The molecule has 0 saturated heterocycles. The Bertz CT molecular complexity index is 918. The predicted octanol–water partition coefficient (Wildman–Crippen LogP) is 2.86. The van der Waals surface area contributed by atoms with Crippen LogP contribution in [-0.2, 0) is 17.8 Å². The Morgan fingerprint density at radius 1 is 1.23 bits per heavy atom. The molecule has 7 nitrogen and oxygen atoms in total. The minimum Gasteiger partial charge on any atom is -0.361 e. The quantitative estimate of drug-likeness (QED) is 0.695. The Morgan fingerprint density at radius 2 is 2.08 bits per heavy atom. The molecule has 0 saturated carbocycles. The van der Waals surface area contributed by atoms with Gasteiger partial charge in [0.1, 0.15) is 10.8 Å². The summed E-state index contributed by atoms with van der Waals surface area (Å²) in [6.07, 6.45) is 1.78. The van der Waals surface area contributed by atoms with Gasteiger partial charge < -0.3 is 15.2 Å². The van der Waals surface area contributed by atoms with Crippen molar-refractivity contribution in [3.8, 4) is 0 Å². The third-order valence-electron chi connectivity index (χ3n) is 3.67. The summed E-state index contributed by atoms with van der Waals surface area (Å²) < 4.78 is 5.05. The monoisotopic (exact) mass is 370 g/mol. The van der Waals surface area contributed by atoms with Crippen LogP contribution in [0, 0.1) is 13.8 Å². The average Bonchev–Trinajstić information content (AvgIpc) is 3.26. The number of amides is 2. The maximum absolute atomic E-state index is 12.3. The molecule has 1 aromatic carbocycles. The minimum absolute atomic E-state index is 0.0841. The number of thiazole rings is 1. The minimum atomic E-state index is -0.232. The van der Waals surface area contributed by atoms with Gasteiger partial charge in [0.25, 0.3) is 5.91 Å². The van der Waals surface area contributed by atoms with Crippen molar-refractivity contribution in [1.82, 2.24) is 15.5 Å². The molecule has 0 bridgehead atoms. The fourth-order valence-electron chi connectivity index (χ4n) is 2.35. The molecule has 0 aliphatic rings. The number of hydrogen-bond acceptors (Lipinski definition) is 6. The van der Waals surface area contributed by atoms with E-state index in [1.807, 2.05) is 12.3 Å². The second kappa shape index (κ2) is 7.92. The maximum atomic E-state index is 12.3. The summed E-state index contributed by atoms with van der Waals surface area (Å²) in [5, 5.41) is 12.1. The van der Waals surface area contributed by atoms with Crippen molar-refractivity contribution in [3.63, 3.8) is 0 Å². The first-order valence-corrected chi connectivity index (χ1v) is 8.88. The first-order valence-electron chi connectivity index (χ1n) is 8.00. The number of rotatable bonds is 6. The highest BCUT2D eigenvalue weighted by Crippen LogP contribution is 2.18. The molecular weight excluding hydrogens is 352 g/mol. The highest BCUT2D eigenvalue weighted by atomic mass is 32.1. The molecule has 0 atom stereocenters. The zero-order chi connectivity index (χ0) is 18.5. The summed E-state index contributed by atoms with van der Waals surface area (Å²) in [5.74, 6) is 0.0427. The normalized spacial score (nSPS) is 10.5. The van der Waals surface area contributed by atoms with E-state index >= 15 is 0 Å². The zero-order valence-electron chi connectivity index (χ0n) is 14.4. The van der Waals surface area contributed by atoms with Gasteiger partial charge in [-0.05, 0) is 31.5 Å². The molecule has 0 aliphatic heterocycles. The van der Waals surface area contributed by atoms with E-state index in [2.05, 4.69) is 20.8 Å². The Morgan fingerprint density at radius 3 is 2.77 bits per heavy atom. The van der Waals surface area contributed by atoms with Gasteiger partial charge in [0.2, 0.25) is 5.91 Å². The molecule has 26 heavy (non-hydrogen) atoms. The summed E-state index contributed by atoms with van der Waals surface area (Å²) in [6, 6.07) is 6.90. The number of anilines is 1. The highest BCUT2D eigenvalue weighted by molar-refractivity contribution is 7.09. The number of nitrogens with one attached hydrogen (secondary N) is 2. The van der Waals surface area contributed by atoms with Crippen LogP contribution in [0.15, 0.2) is 40.4 Å². The summed E-state index contributed by atoms with van der Waals surface area (Å²) in [4.78, 5) is 28.6. The van der Waals surface area contributed by atoms with Crippen molar-refractivity contribution in [3.05, 3.63) is 63.4 Å². The van der Waals surface area contributed by atoms with Crippen LogP contribution in [0.2, 0.25) is 0 Å². The Balaban J connectivity index is 1.64. The van der Waals surface area contributed by atoms with Crippen molar-refractivity contribution in [1.29, 1.82) is 0 Å². The van der Waals surface area contributed by atoms with E-state index in [-0.39, 0.29) is 18.2 Å². The molecule has 134 valence electrons. The zero-order valence-corrected chi connectivity index (χ0v) is 15.2. The molecule has 2 N–H and O–H groups in total. The second-order valence-electron chi connectivity index (χ2n) is 5.80. The Hall–Kier alpha value is -3.00. The van der Waals surface area contributed by atoms with E-state index in [0.29, 0.717) is 23.6 Å². The van der Waals surface area contributed by atoms with Crippen LogP contribution in [0.4, 0.5) is 5.69 Å². The van der Waals surface area contributed by atoms with Gasteiger partial charge in [-0.15, -0.1) is 11.3 Å². The van der Waals surface area contributed by atoms with Gasteiger partial charge in [-0.25, -0.2) is 4.98 Å². The lowest BCUT2D eigenvalue weighted by molar-refractivity contribution is -0.115. The second-order valence-corrected chi connectivity index (χ2v) is 6.78. The van der Waals surface area contributed by atoms with Gasteiger partial charge >= 0.3 is 0 Å². The van der Waals surface area contributed by atoms with Crippen molar-refractivity contribution >= 4 is 28.8 Å². The maximum Gasteiger partial charge on any atom is 0.251 e. The number of carbonyl (C=O) groups excluding carboxylic acids is 2. The fourth-order valence-corrected chi connectivity index (χ4v) is 2.90. The summed E-state index contributed by atoms with van der Waals surface area (Å²) in [7, 11) is 0. The lowest BCUT2D eigenvalue weighted by atomic mass is 10.1. The SMILES string of the molecule is Cc1cc(CC(=O)Nc2cc(C(=O)NCc3nccs3)ccc2C)on1. The first kappa shape index (κ1) is 17.8. The predicted molar refractivity (Wildman–Crippen MR) is 98.0 cm³/mol. The van der Waals surface area contributed by atoms with Crippen molar-refractivity contribution in [2.45, 2.75) is 26.8 Å². The molecule has 2 heterocycles. The van der Waals surface area contributed by atoms with E-state index in [1.165, 1.54) is 11.3 Å². The number of aromatic nitrogens is 2. The highest BCUT2D eigenvalue weighted by Gasteiger charge is 2.12. The van der Waals surface area contributed by atoms with Gasteiger partial charge in [0, 0.05) is 28.9 Å². The van der Waals surface area contributed by atoms with Crippen LogP contribution in [0.3, 0.4) is 0 Å². The molecule has 0 spiro atoms. The largest absolute Gasteiger partial charge is 0.361 e. The molecule has 0 aliphatic carbocycles. The van der Waals surface area contributed by atoms with E-state index in [0.717, 1.165) is 16.3 Å². The van der Waals surface area contributed by atoms with E-state index in [1.54, 1.807) is 37.4 Å². The van der Waals surface area contributed by atoms with E-state index in [4.69, 9.17) is 4.52 Å². The van der Waals surface area contributed by atoms with Crippen LogP contribution in [-0.4, -0.2) is 22.0 Å². The molecule has 0 radical (unpaired) electrons. The van der Waals surface area contributed by atoms with Gasteiger partial charge in [-0.2, -0.15) is 0 Å². The van der Waals surface area contributed by atoms with Gasteiger partial charge in [0.05, 0.1) is 18.7 Å². The summed E-state index contributed by atoms with van der Waals surface area (Å²) in [5.41, 5.74) is 2.65. The van der Waals surface area contributed by atoms with Gasteiger partial charge in [-0.1, -0.05) is 11.2 Å². The number of benzene rings is 1. The molecule has 2 amide bonds. The van der Waals surface area contributed by atoms with Crippen LogP contribution < -0.4 is 10.6 Å². The topological polar surface area (TPSA) is 97.1 Å².